The molecular formula is C17H22ClNO3. The van der Waals surface area contributed by atoms with Crippen LogP contribution in [0.15, 0.2) is 24.3 Å². The standard InChI is InChI=1S/C17H22ClNO3/c1-11(16(22)12-3-7-14(18)8-4-12)9-15(21)19-17(2,10-20)13-5-6-13/h3-4,7-8,11,13,20H,5-6,9-10H2,1-2H3,(H,19,21). The van der Waals surface area contributed by atoms with Gasteiger partial charge in [-0.15, -0.1) is 0 Å². The average molecular weight is 324 g/mol. The molecule has 22 heavy (non-hydrogen) atoms. The van der Waals surface area contributed by atoms with Crippen LogP contribution in [-0.4, -0.2) is 28.9 Å². The number of carbonyl (C=O) groups excluding carboxylic acids is 2. The number of aliphatic hydroxyl groups excluding tert-OH is 1. The molecule has 0 saturated heterocycles. The van der Waals surface area contributed by atoms with Crippen LogP contribution in [-0.2, 0) is 4.79 Å². The van der Waals surface area contributed by atoms with Crippen molar-refractivity contribution >= 4 is 23.3 Å². The maximum atomic E-state index is 12.3. The van der Waals surface area contributed by atoms with Crippen molar-refractivity contribution in [3.63, 3.8) is 0 Å². The van der Waals surface area contributed by atoms with Crippen molar-refractivity contribution < 1.29 is 14.7 Å². The number of benzene rings is 1. The summed E-state index contributed by atoms with van der Waals surface area (Å²) >= 11 is 5.81. The molecule has 0 aromatic heterocycles. The van der Waals surface area contributed by atoms with Crippen LogP contribution in [0.2, 0.25) is 5.02 Å². The molecule has 2 unspecified atom stereocenters. The zero-order valence-corrected chi connectivity index (χ0v) is 13.7. The Balaban J connectivity index is 1.93. The largest absolute Gasteiger partial charge is 0.394 e. The number of carbonyl (C=O) groups is 2. The molecule has 0 heterocycles. The summed E-state index contributed by atoms with van der Waals surface area (Å²) in [7, 11) is 0. The zero-order chi connectivity index (χ0) is 16.3. The molecule has 1 fully saturated rings. The molecule has 4 nitrogen and oxygen atoms in total. The highest BCUT2D eigenvalue weighted by Crippen LogP contribution is 2.39. The topological polar surface area (TPSA) is 66.4 Å². The highest BCUT2D eigenvalue weighted by molar-refractivity contribution is 6.30. The van der Waals surface area contributed by atoms with Crippen molar-refractivity contribution in [2.45, 2.75) is 38.6 Å². The number of hydrogen-bond acceptors (Lipinski definition) is 3. The van der Waals surface area contributed by atoms with Gasteiger partial charge in [-0.2, -0.15) is 0 Å². The summed E-state index contributed by atoms with van der Waals surface area (Å²) in [6, 6.07) is 6.66. The Morgan fingerprint density at radius 2 is 1.95 bits per heavy atom. The van der Waals surface area contributed by atoms with E-state index in [1.807, 2.05) is 6.92 Å². The molecule has 120 valence electrons. The first-order valence-corrected chi connectivity index (χ1v) is 7.95. The molecule has 1 amide bonds. The Kier molecular flexibility index (Phi) is 5.24. The van der Waals surface area contributed by atoms with Gasteiger partial charge < -0.3 is 10.4 Å². The van der Waals surface area contributed by atoms with Gasteiger partial charge in [-0.05, 0) is 49.9 Å². The second kappa shape index (κ2) is 6.80. The van der Waals surface area contributed by atoms with Gasteiger partial charge in [-0.3, -0.25) is 9.59 Å². The molecule has 0 aliphatic heterocycles. The maximum Gasteiger partial charge on any atom is 0.221 e. The third-order valence-corrected chi connectivity index (χ3v) is 4.55. The van der Waals surface area contributed by atoms with Gasteiger partial charge in [0, 0.05) is 22.9 Å². The third-order valence-electron chi connectivity index (χ3n) is 4.30. The van der Waals surface area contributed by atoms with E-state index in [1.54, 1.807) is 31.2 Å². The fourth-order valence-corrected chi connectivity index (χ4v) is 2.76. The van der Waals surface area contributed by atoms with Crippen LogP contribution in [0.5, 0.6) is 0 Å². The van der Waals surface area contributed by atoms with Crippen molar-refractivity contribution in [3.8, 4) is 0 Å². The molecule has 2 rings (SSSR count). The van der Waals surface area contributed by atoms with E-state index >= 15 is 0 Å². The van der Waals surface area contributed by atoms with Crippen molar-refractivity contribution in [1.82, 2.24) is 5.32 Å². The molecule has 0 radical (unpaired) electrons. The lowest BCUT2D eigenvalue weighted by Crippen LogP contribution is -2.51. The first kappa shape index (κ1) is 17.0. The number of nitrogens with one attached hydrogen (secondary N) is 1. The molecule has 1 aliphatic carbocycles. The van der Waals surface area contributed by atoms with E-state index in [0.717, 1.165) is 12.8 Å². The normalized spacial score (nSPS) is 18.4. The summed E-state index contributed by atoms with van der Waals surface area (Å²) in [6.07, 6.45) is 2.16. The second-order valence-corrected chi connectivity index (χ2v) is 6.81. The summed E-state index contributed by atoms with van der Waals surface area (Å²) in [6.45, 7) is 3.51. The lowest BCUT2D eigenvalue weighted by atomic mass is 9.93. The van der Waals surface area contributed by atoms with Gasteiger partial charge in [-0.1, -0.05) is 18.5 Å². The summed E-state index contributed by atoms with van der Waals surface area (Å²) in [5.41, 5.74) is -0.0167. The Bertz CT molecular complexity index is 554. The lowest BCUT2D eigenvalue weighted by Gasteiger charge is -2.29. The molecule has 1 aromatic rings. The Labute approximate surface area is 135 Å². The quantitative estimate of drug-likeness (QED) is 0.758. The number of aliphatic hydroxyl groups is 1. The van der Waals surface area contributed by atoms with Crippen molar-refractivity contribution in [2.75, 3.05) is 6.61 Å². The molecule has 1 aromatic carbocycles. The fraction of sp³-hybridized carbons (Fsp3) is 0.529. The molecule has 2 N–H and O–H groups in total. The number of ketones is 1. The Morgan fingerprint density at radius 3 is 2.45 bits per heavy atom. The maximum absolute atomic E-state index is 12.3. The minimum absolute atomic E-state index is 0.0797. The number of hydrogen-bond donors (Lipinski definition) is 2. The molecule has 2 atom stereocenters. The number of rotatable bonds is 7. The van der Waals surface area contributed by atoms with Gasteiger partial charge in [0.1, 0.15) is 0 Å². The third kappa shape index (κ3) is 4.08. The lowest BCUT2D eigenvalue weighted by molar-refractivity contribution is -0.124. The van der Waals surface area contributed by atoms with Crippen molar-refractivity contribution in [3.05, 3.63) is 34.9 Å². The molecule has 1 aliphatic rings. The van der Waals surface area contributed by atoms with E-state index < -0.39 is 11.5 Å². The van der Waals surface area contributed by atoms with Crippen LogP contribution in [0.25, 0.3) is 0 Å². The number of halogens is 1. The van der Waals surface area contributed by atoms with E-state index in [-0.39, 0.29) is 24.7 Å². The number of amides is 1. The van der Waals surface area contributed by atoms with Crippen LogP contribution in [0.3, 0.4) is 0 Å². The smallest absolute Gasteiger partial charge is 0.221 e. The van der Waals surface area contributed by atoms with Crippen LogP contribution in [0, 0.1) is 11.8 Å². The summed E-state index contributed by atoms with van der Waals surface area (Å²) in [5.74, 6) is -0.353. The Hall–Kier alpha value is -1.39. The predicted molar refractivity (Wildman–Crippen MR) is 85.9 cm³/mol. The van der Waals surface area contributed by atoms with E-state index in [4.69, 9.17) is 11.6 Å². The fourth-order valence-electron chi connectivity index (χ4n) is 2.63. The highest BCUT2D eigenvalue weighted by atomic mass is 35.5. The van der Waals surface area contributed by atoms with Gasteiger partial charge in [-0.25, -0.2) is 0 Å². The van der Waals surface area contributed by atoms with Gasteiger partial charge in [0.15, 0.2) is 5.78 Å². The van der Waals surface area contributed by atoms with E-state index in [0.29, 0.717) is 16.5 Å². The molecule has 0 spiro atoms. The van der Waals surface area contributed by atoms with Gasteiger partial charge in [0.25, 0.3) is 0 Å². The first-order valence-electron chi connectivity index (χ1n) is 7.57. The molecule has 0 bridgehead atoms. The molecular weight excluding hydrogens is 302 g/mol. The SMILES string of the molecule is CC(CC(=O)NC(C)(CO)C1CC1)C(=O)c1ccc(Cl)cc1. The van der Waals surface area contributed by atoms with Crippen molar-refractivity contribution in [1.29, 1.82) is 0 Å². The van der Waals surface area contributed by atoms with E-state index in [9.17, 15) is 14.7 Å². The monoisotopic (exact) mass is 323 g/mol. The van der Waals surface area contributed by atoms with Crippen LogP contribution < -0.4 is 5.32 Å². The zero-order valence-electron chi connectivity index (χ0n) is 12.9. The second-order valence-electron chi connectivity index (χ2n) is 6.37. The molecule has 5 heteroatoms. The predicted octanol–water partition coefficient (Wildman–Crippen LogP) is 2.83. The molecule has 1 saturated carbocycles. The van der Waals surface area contributed by atoms with E-state index in [2.05, 4.69) is 5.32 Å². The van der Waals surface area contributed by atoms with Gasteiger partial charge in [0.05, 0.1) is 12.1 Å². The van der Waals surface area contributed by atoms with Crippen molar-refractivity contribution in [2.24, 2.45) is 11.8 Å². The summed E-state index contributed by atoms with van der Waals surface area (Å²) in [4.78, 5) is 24.5. The minimum atomic E-state index is -0.569. The van der Waals surface area contributed by atoms with Crippen LogP contribution >= 0.6 is 11.6 Å². The van der Waals surface area contributed by atoms with Gasteiger partial charge in [0.2, 0.25) is 5.91 Å². The first-order chi connectivity index (χ1) is 10.4. The van der Waals surface area contributed by atoms with Gasteiger partial charge >= 0.3 is 0 Å². The van der Waals surface area contributed by atoms with E-state index in [1.165, 1.54) is 0 Å². The highest BCUT2D eigenvalue weighted by Gasteiger charge is 2.42. The number of Topliss-reactive ketones (excluding diaryl/α,β-unsaturated/α-hetero) is 1. The minimum Gasteiger partial charge on any atom is -0.394 e. The average Bonchev–Trinajstić information content (AvgIpc) is 3.32. The summed E-state index contributed by atoms with van der Waals surface area (Å²) in [5, 5.41) is 13.0. The summed E-state index contributed by atoms with van der Waals surface area (Å²) < 4.78 is 0. The van der Waals surface area contributed by atoms with Crippen LogP contribution in [0.4, 0.5) is 0 Å². The Morgan fingerprint density at radius 1 is 1.36 bits per heavy atom. The van der Waals surface area contributed by atoms with Crippen LogP contribution in [0.1, 0.15) is 43.5 Å².